The van der Waals surface area contributed by atoms with Crippen LogP contribution in [0.15, 0.2) is 42.5 Å². The van der Waals surface area contributed by atoms with Crippen molar-refractivity contribution in [3.05, 3.63) is 64.2 Å². The van der Waals surface area contributed by atoms with Crippen LogP contribution >= 0.6 is 35.6 Å². The van der Waals surface area contributed by atoms with Crippen molar-refractivity contribution in [2.75, 3.05) is 24.2 Å². The van der Waals surface area contributed by atoms with Gasteiger partial charge in [-0.1, -0.05) is 35.9 Å². The first kappa shape index (κ1) is 21.5. The number of thioether (sulfide) groups is 1. The van der Waals surface area contributed by atoms with Crippen LogP contribution in [0.2, 0.25) is 5.02 Å². The van der Waals surface area contributed by atoms with Gasteiger partial charge in [-0.15, -0.1) is 0 Å². The van der Waals surface area contributed by atoms with E-state index in [0.717, 1.165) is 18.1 Å². The smallest absolute Gasteiger partial charge is 0.339 e. The van der Waals surface area contributed by atoms with Crippen molar-refractivity contribution in [1.82, 2.24) is 5.32 Å². The zero-order chi connectivity index (χ0) is 19.6. The molecule has 2 aromatic carbocycles. The summed E-state index contributed by atoms with van der Waals surface area (Å²) in [6.07, 6.45) is 0. The Hall–Kier alpha value is -1.76. The van der Waals surface area contributed by atoms with E-state index in [1.807, 2.05) is 11.8 Å². The molecule has 2 aromatic rings. The molecule has 2 N–H and O–H groups in total. The number of carbonyl (C=O) groups is 1. The van der Waals surface area contributed by atoms with Crippen LogP contribution in [0.3, 0.4) is 0 Å². The lowest BCUT2D eigenvalue weighted by Gasteiger charge is -2.12. The Morgan fingerprint density at radius 2 is 2.04 bits per heavy atom. The Kier molecular flexibility index (Phi) is 8.91. The zero-order valence-corrected chi connectivity index (χ0v) is 17.8. The largest absolute Gasteiger partial charge is 0.462 e. The lowest BCUT2D eigenvalue weighted by Crippen LogP contribution is -2.30. The van der Waals surface area contributed by atoms with E-state index in [-0.39, 0.29) is 0 Å². The van der Waals surface area contributed by atoms with Crippen molar-refractivity contribution in [1.29, 1.82) is 0 Å². The van der Waals surface area contributed by atoms with Gasteiger partial charge in [0.15, 0.2) is 5.11 Å². The number of nitrogens with one attached hydrogen (secondary N) is 2. The monoisotopic (exact) mass is 422 g/mol. The van der Waals surface area contributed by atoms with Crippen molar-refractivity contribution in [2.45, 2.75) is 19.6 Å². The van der Waals surface area contributed by atoms with Crippen molar-refractivity contribution in [2.24, 2.45) is 0 Å². The van der Waals surface area contributed by atoms with Crippen LogP contribution in [-0.4, -0.2) is 30.0 Å². The summed E-state index contributed by atoms with van der Waals surface area (Å²) in [5.41, 5.74) is 3.68. The van der Waals surface area contributed by atoms with Crippen LogP contribution in [0.4, 0.5) is 5.69 Å². The van der Waals surface area contributed by atoms with Crippen molar-refractivity contribution < 1.29 is 9.53 Å². The fraction of sp³-hybridized carbons (Fsp3) is 0.300. The van der Waals surface area contributed by atoms with Crippen LogP contribution in [0.25, 0.3) is 0 Å². The van der Waals surface area contributed by atoms with E-state index in [4.69, 9.17) is 28.6 Å². The fourth-order valence-corrected chi connectivity index (χ4v) is 3.68. The van der Waals surface area contributed by atoms with E-state index in [9.17, 15) is 4.79 Å². The molecule has 0 aromatic heterocycles. The Labute approximate surface area is 175 Å². The standard InChI is InChI=1S/C20H23ClN2O2S2/c1-3-25-19(24)17-12-16(8-9-18(17)21)23-20(26)22-10-11-27-13-15-7-5-4-6-14(15)2/h4-9,12H,3,10-11,13H2,1-2H3,(H2,22,23,26). The average molecular weight is 423 g/mol. The molecule has 2 rings (SSSR count). The molecule has 0 unspecified atom stereocenters. The normalized spacial score (nSPS) is 10.3. The second-order valence-electron chi connectivity index (χ2n) is 5.78. The van der Waals surface area contributed by atoms with Gasteiger partial charge in [0.1, 0.15) is 0 Å². The molecule has 27 heavy (non-hydrogen) atoms. The zero-order valence-electron chi connectivity index (χ0n) is 15.4. The van der Waals surface area contributed by atoms with Gasteiger partial charge in [-0.3, -0.25) is 0 Å². The molecule has 0 spiro atoms. The number of aryl methyl sites for hydroxylation is 1. The maximum Gasteiger partial charge on any atom is 0.339 e. The number of benzene rings is 2. The second-order valence-corrected chi connectivity index (χ2v) is 7.70. The number of thiocarbonyl (C=S) groups is 1. The number of rotatable bonds is 8. The van der Waals surface area contributed by atoms with Gasteiger partial charge in [0, 0.05) is 23.7 Å². The molecule has 144 valence electrons. The number of hydrogen-bond acceptors (Lipinski definition) is 4. The molecule has 0 bridgehead atoms. The molecule has 7 heteroatoms. The maximum absolute atomic E-state index is 11.9. The molecular weight excluding hydrogens is 400 g/mol. The lowest BCUT2D eigenvalue weighted by atomic mass is 10.1. The molecular formula is C20H23ClN2O2S2. The summed E-state index contributed by atoms with van der Waals surface area (Å²) in [4.78, 5) is 11.9. The quantitative estimate of drug-likeness (QED) is 0.353. The van der Waals surface area contributed by atoms with Gasteiger partial charge < -0.3 is 15.4 Å². The summed E-state index contributed by atoms with van der Waals surface area (Å²) in [6, 6.07) is 13.5. The topological polar surface area (TPSA) is 50.4 Å². The average Bonchev–Trinajstić information content (AvgIpc) is 2.64. The molecule has 0 amide bonds. The van der Waals surface area contributed by atoms with Crippen molar-refractivity contribution >= 4 is 52.3 Å². The Morgan fingerprint density at radius 3 is 2.78 bits per heavy atom. The van der Waals surface area contributed by atoms with Crippen LogP contribution in [0.1, 0.15) is 28.4 Å². The van der Waals surface area contributed by atoms with Crippen LogP contribution in [0, 0.1) is 6.92 Å². The molecule has 4 nitrogen and oxygen atoms in total. The van der Waals surface area contributed by atoms with Gasteiger partial charge >= 0.3 is 5.97 Å². The molecule has 0 aliphatic heterocycles. The van der Waals surface area contributed by atoms with E-state index in [1.54, 1.807) is 25.1 Å². The second kappa shape index (κ2) is 11.2. The highest BCUT2D eigenvalue weighted by molar-refractivity contribution is 7.98. The summed E-state index contributed by atoms with van der Waals surface area (Å²) < 4.78 is 5.00. The van der Waals surface area contributed by atoms with E-state index in [0.29, 0.717) is 28.0 Å². The summed E-state index contributed by atoms with van der Waals surface area (Å²) in [6.45, 7) is 4.93. The van der Waals surface area contributed by atoms with Crippen LogP contribution in [-0.2, 0) is 10.5 Å². The number of ether oxygens (including phenoxy) is 1. The molecule has 0 aliphatic rings. The fourth-order valence-electron chi connectivity index (χ4n) is 2.33. The third kappa shape index (κ3) is 7.05. The Bertz CT molecular complexity index is 799. The number of carbonyl (C=O) groups excluding carboxylic acids is 1. The minimum atomic E-state index is -0.447. The van der Waals surface area contributed by atoms with E-state index >= 15 is 0 Å². The molecule has 0 radical (unpaired) electrons. The highest BCUT2D eigenvalue weighted by atomic mass is 35.5. The number of esters is 1. The van der Waals surface area contributed by atoms with E-state index in [2.05, 4.69) is 41.8 Å². The predicted octanol–water partition coefficient (Wildman–Crippen LogP) is 5.04. The highest BCUT2D eigenvalue weighted by Crippen LogP contribution is 2.21. The van der Waals surface area contributed by atoms with Crippen molar-refractivity contribution in [3.63, 3.8) is 0 Å². The van der Waals surface area contributed by atoms with E-state index in [1.165, 1.54) is 11.1 Å². The van der Waals surface area contributed by atoms with Gasteiger partial charge in [0.25, 0.3) is 0 Å². The molecule has 0 fully saturated rings. The number of hydrogen-bond donors (Lipinski definition) is 2. The number of halogens is 1. The minimum absolute atomic E-state index is 0.299. The lowest BCUT2D eigenvalue weighted by molar-refractivity contribution is 0.0526. The molecule has 0 saturated heterocycles. The highest BCUT2D eigenvalue weighted by Gasteiger charge is 2.12. The maximum atomic E-state index is 11.9. The summed E-state index contributed by atoms with van der Waals surface area (Å²) in [5.74, 6) is 1.47. The third-order valence-corrected chi connectivity index (χ3v) is 5.35. The minimum Gasteiger partial charge on any atom is -0.462 e. The predicted molar refractivity (Wildman–Crippen MR) is 119 cm³/mol. The first-order valence-electron chi connectivity index (χ1n) is 8.65. The van der Waals surface area contributed by atoms with Crippen LogP contribution in [0.5, 0.6) is 0 Å². The summed E-state index contributed by atoms with van der Waals surface area (Å²) >= 11 is 13.2. The first-order valence-corrected chi connectivity index (χ1v) is 10.6. The van der Waals surface area contributed by atoms with Gasteiger partial charge in [-0.25, -0.2) is 4.79 Å². The molecule has 0 heterocycles. The van der Waals surface area contributed by atoms with Crippen LogP contribution < -0.4 is 10.6 Å². The van der Waals surface area contributed by atoms with Gasteiger partial charge in [0.2, 0.25) is 0 Å². The van der Waals surface area contributed by atoms with Gasteiger partial charge in [-0.2, -0.15) is 11.8 Å². The van der Waals surface area contributed by atoms with Crippen molar-refractivity contribution in [3.8, 4) is 0 Å². The van der Waals surface area contributed by atoms with Gasteiger partial charge in [-0.05, 0) is 55.4 Å². The first-order chi connectivity index (χ1) is 13.0. The molecule has 0 saturated carbocycles. The van der Waals surface area contributed by atoms with Gasteiger partial charge in [0.05, 0.1) is 17.2 Å². The Morgan fingerprint density at radius 1 is 1.26 bits per heavy atom. The third-order valence-electron chi connectivity index (χ3n) is 3.77. The van der Waals surface area contributed by atoms with E-state index < -0.39 is 5.97 Å². The summed E-state index contributed by atoms with van der Waals surface area (Å²) in [5, 5.41) is 7.10. The summed E-state index contributed by atoms with van der Waals surface area (Å²) in [7, 11) is 0. The SMILES string of the molecule is CCOC(=O)c1cc(NC(=S)NCCSCc2ccccc2C)ccc1Cl. The molecule has 0 aliphatic carbocycles. The number of anilines is 1. The Balaban J connectivity index is 1.76. The molecule has 0 atom stereocenters.